The van der Waals surface area contributed by atoms with Crippen LogP contribution in [0.1, 0.15) is 174 Å². The van der Waals surface area contributed by atoms with Gasteiger partial charge in [0.2, 0.25) is 0 Å². The lowest BCUT2D eigenvalue weighted by Crippen LogP contribution is -1.87. The number of halogens is 1. The van der Waals surface area contributed by atoms with E-state index in [-0.39, 0.29) is 0 Å². The van der Waals surface area contributed by atoms with Crippen LogP contribution < -0.4 is 0 Å². The van der Waals surface area contributed by atoms with Gasteiger partial charge < -0.3 is 0 Å². The average Bonchev–Trinajstić information content (AvgIpc) is 2.73. The fourth-order valence-corrected chi connectivity index (χ4v) is 5.08. The smallest absolute Gasteiger partial charge is 0.000473 e. The van der Waals surface area contributed by atoms with Crippen molar-refractivity contribution in [2.24, 2.45) is 5.92 Å². The molecule has 0 saturated carbocycles. The average molecular weight is 535 g/mol. The lowest BCUT2D eigenvalue weighted by Gasteiger charge is -2.05. The van der Waals surface area contributed by atoms with E-state index in [2.05, 4.69) is 36.4 Å². The molecule has 0 atom stereocenters. The number of hydrogen-bond donors (Lipinski definition) is 0. The van der Waals surface area contributed by atoms with Crippen molar-refractivity contribution in [1.29, 1.82) is 0 Å². The lowest BCUT2D eigenvalue weighted by molar-refractivity contribution is 0.500. The quantitative estimate of drug-likeness (QED) is 0.0588. The van der Waals surface area contributed by atoms with Crippen molar-refractivity contribution in [1.82, 2.24) is 0 Å². The Labute approximate surface area is 206 Å². The summed E-state index contributed by atoms with van der Waals surface area (Å²) in [6.07, 6.45) is 37.0. The largest absolute Gasteiger partial charge is 0.0864 e. The first-order valence-electron chi connectivity index (χ1n) is 14.3. The van der Waals surface area contributed by atoms with Gasteiger partial charge in [-0.2, -0.15) is 0 Å². The summed E-state index contributed by atoms with van der Waals surface area (Å²) >= 11 is 2.50. The predicted octanol–water partition coefficient (Wildman–Crippen LogP) is 11.8. The Bertz CT molecular complexity index is 286. The molecule has 0 unspecified atom stereocenters. The van der Waals surface area contributed by atoms with Crippen molar-refractivity contribution in [3.63, 3.8) is 0 Å². The van der Waals surface area contributed by atoms with Gasteiger partial charge in [-0.05, 0) is 16.8 Å². The highest BCUT2D eigenvalue weighted by Gasteiger charge is 1.97. The van der Waals surface area contributed by atoms with E-state index in [0.717, 1.165) is 5.92 Å². The number of rotatable bonds is 26. The highest BCUT2D eigenvalue weighted by atomic mass is 127. The molecule has 0 aliphatic heterocycles. The predicted molar refractivity (Wildman–Crippen MR) is 149 cm³/mol. The van der Waals surface area contributed by atoms with Crippen LogP contribution in [0.3, 0.4) is 0 Å². The van der Waals surface area contributed by atoms with Crippen molar-refractivity contribution >= 4 is 22.6 Å². The summed E-state index contributed by atoms with van der Waals surface area (Å²) < 4.78 is 1.34. The lowest BCUT2D eigenvalue weighted by atomic mass is 10.0. The first-order valence-corrected chi connectivity index (χ1v) is 15.9. The van der Waals surface area contributed by atoms with Crippen LogP contribution >= 0.6 is 22.6 Å². The molecule has 0 heterocycles. The Morgan fingerprint density at radius 3 is 0.733 bits per heavy atom. The maximum atomic E-state index is 2.50. The highest BCUT2D eigenvalue weighted by molar-refractivity contribution is 14.1. The van der Waals surface area contributed by atoms with Gasteiger partial charge in [0.1, 0.15) is 0 Å². The van der Waals surface area contributed by atoms with Gasteiger partial charge in [0, 0.05) is 0 Å². The Balaban J connectivity index is 2.99. The molecule has 0 spiro atoms. The van der Waals surface area contributed by atoms with Crippen molar-refractivity contribution in [3.8, 4) is 0 Å². The van der Waals surface area contributed by atoms with Crippen molar-refractivity contribution in [3.05, 3.63) is 0 Å². The third kappa shape index (κ3) is 28.7. The minimum Gasteiger partial charge on any atom is -0.0864 e. The minimum absolute atomic E-state index is 0.898. The van der Waals surface area contributed by atoms with Gasteiger partial charge in [0.15, 0.2) is 0 Å². The summed E-state index contributed by atoms with van der Waals surface area (Å²) in [6.45, 7) is 4.69. The molecule has 0 aromatic carbocycles. The third-order valence-corrected chi connectivity index (χ3v) is 7.43. The normalized spacial score (nSPS) is 11.6. The van der Waals surface area contributed by atoms with Gasteiger partial charge >= 0.3 is 0 Å². The van der Waals surface area contributed by atoms with Crippen LogP contribution in [0.25, 0.3) is 0 Å². The summed E-state index contributed by atoms with van der Waals surface area (Å²) in [5.74, 6) is 0.898. The zero-order valence-electron chi connectivity index (χ0n) is 21.3. The van der Waals surface area contributed by atoms with Crippen LogP contribution in [-0.4, -0.2) is 4.43 Å². The topological polar surface area (TPSA) is 0 Å². The second-order valence-electron chi connectivity index (χ2n) is 10.4. The van der Waals surface area contributed by atoms with Crippen LogP contribution in [0.4, 0.5) is 0 Å². The monoisotopic (exact) mass is 534 g/mol. The van der Waals surface area contributed by atoms with Crippen LogP contribution in [-0.2, 0) is 0 Å². The summed E-state index contributed by atoms with van der Waals surface area (Å²) in [7, 11) is 0. The summed E-state index contributed by atoms with van der Waals surface area (Å²) in [4.78, 5) is 0. The van der Waals surface area contributed by atoms with Gasteiger partial charge in [0.05, 0.1) is 0 Å². The fraction of sp³-hybridized carbons (Fsp3) is 1.00. The molecule has 0 aliphatic rings. The molecule has 0 bridgehead atoms. The highest BCUT2D eigenvalue weighted by Crippen LogP contribution is 2.16. The molecule has 0 nitrogen and oxygen atoms in total. The SMILES string of the molecule is CC(C)CCCCCCCCCCCCCCCCCCCCCCCCCCI. The van der Waals surface area contributed by atoms with Gasteiger partial charge in [-0.3, -0.25) is 0 Å². The van der Waals surface area contributed by atoms with E-state index in [4.69, 9.17) is 0 Å². The summed E-state index contributed by atoms with van der Waals surface area (Å²) in [5.41, 5.74) is 0. The molecular formula is C29H59I. The van der Waals surface area contributed by atoms with Crippen molar-refractivity contribution in [2.75, 3.05) is 4.43 Å². The second kappa shape index (κ2) is 27.8. The molecule has 0 saturated heterocycles. The van der Waals surface area contributed by atoms with Gasteiger partial charge in [0.25, 0.3) is 0 Å². The number of hydrogen-bond acceptors (Lipinski definition) is 0. The molecule has 182 valence electrons. The Morgan fingerprint density at radius 1 is 0.333 bits per heavy atom. The van der Waals surface area contributed by atoms with E-state index in [1.54, 1.807) is 0 Å². The van der Waals surface area contributed by atoms with Crippen LogP contribution in [0.15, 0.2) is 0 Å². The minimum atomic E-state index is 0.898. The molecule has 0 aromatic rings. The van der Waals surface area contributed by atoms with Crippen LogP contribution in [0.2, 0.25) is 0 Å². The zero-order valence-corrected chi connectivity index (χ0v) is 23.5. The van der Waals surface area contributed by atoms with E-state index in [0.29, 0.717) is 0 Å². The molecule has 0 N–H and O–H groups in total. The molecule has 1 heteroatoms. The van der Waals surface area contributed by atoms with E-state index in [1.807, 2.05) is 0 Å². The van der Waals surface area contributed by atoms with Gasteiger partial charge in [-0.15, -0.1) is 0 Å². The molecule has 0 rings (SSSR count). The summed E-state index contributed by atoms with van der Waals surface area (Å²) in [5, 5.41) is 0. The maximum Gasteiger partial charge on any atom is -0.000473 e. The molecule has 0 amide bonds. The standard InChI is InChI=1S/C29H59I/c1-29(2)27-25-23-21-19-17-15-13-11-9-7-5-3-4-6-8-10-12-14-16-18-20-22-24-26-28-30/h29H,3-28H2,1-2H3. The number of alkyl halides is 1. The first-order chi connectivity index (χ1) is 14.8. The van der Waals surface area contributed by atoms with Crippen molar-refractivity contribution in [2.45, 2.75) is 174 Å². The Kier molecular flexibility index (Phi) is 28.4. The maximum absolute atomic E-state index is 2.50. The van der Waals surface area contributed by atoms with Crippen molar-refractivity contribution < 1.29 is 0 Å². The molecule has 0 aliphatic carbocycles. The summed E-state index contributed by atoms with van der Waals surface area (Å²) in [6, 6.07) is 0. The molecule has 0 aromatic heterocycles. The van der Waals surface area contributed by atoms with Gasteiger partial charge in [-0.25, -0.2) is 0 Å². The van der Waals surface area contributed by atoms with E-state index < -0.39 is 0 Å². The van der Waals surface area contributed by atoms with E-state index in [1.165, 1.54) is 165 Å². The fourth-order valence-electron chi connectivity index (χ4n) is 4.54. The molecule has 30 heavy (non-hydrogen) atoms. The molecular weight excluding hydrogens is 475 g/mol. The molecule has 0 radical (unpaired) electrons. The van der Waals surface area contributed by atoms with Gasteiger partial charge in [-0.1, -0.05) is 191 Å². The van der Waals surface area contributed by atoms with E-state index in [9.17, 15) is 0 Å². The van der Waals surface area contributed by atoms with Crippen LogP contribution in [0.5, 0.6) is 0 Å². The number of unbranched alkanes of at least 4 members (excludes halogenated alkanes) is 23. The van der Waals surface area contributed by atoms with Crippen LogP contribution in [0, 0.1) is 5.92 Å². The first kappa shape index (κ1) is 30.7. The molecule has 0 fully saturated rings. The third-order valence-electron chi connectivity index (χ3n) is 6.67. The Morgan fingerprint density at radius 2 is 0.533 bits per heavy atom. The second-order valence-corrected chi connectivity index (χ2v) is 11.4. The van der Waals surface area contributed by atoms with E-state index >= 15 is 0 Å². The Hall–Kier alpha value is 0.730. The zero-order chi connectivity index (χ0) is 22.0.